The number of rotatable bonds is 1. The summed E-state index contributed by atoms with van der Waals surface area (Å²) in [5.74, 6) is 2.40. The highest BCUT2D eigenvalue weighted by molar-refractivity contribution is 9.10. The average Bonchev–Trinajstić information content (AvgIpc) is 3.10. The molecule has 2 unspecified atom stereocenters. The van der Waals surface area contributed by atoms with E-state index in [0.717, 1.165) is 51.1 Å². The van der Waals surface area contributed by atoms with Crippen LogP contribution >= 0.6 is 15.9 Å². The lowest BCUT2D eigenvalue weighted by Gasteiger charge is -2.14. The number of ether oxygens (including phenoxy) is 2. The number of aromatic amines is 1. The Kier molecular flexibility index (Phi) is 2.73. The van der Waals surface area contributed by atoms with Crippen LogP contribution < -0.4 is 15.2 Å². The minimum Gasteiger partial charge on any atom is -0.489 e. The molecule has 21 heavy (non-hydrogen) atoms. The van der Waals surface area contributed by atoms with Gasteiger partial charge in [-0.3, -0.25) is 5.10 Å². The Hall–Kier alpha value is -1.69. The van der Waals surface area contributed by atoms with E-state index in [2.05, 4.69) is 40.0 Å². The maximum absolute atomic E-state index is 6.08. The van der Waals surface area contributed by atoms with Crippen molar-refractivity contribution in [2.75, 3.05) is 5.73 Å². The van der Waals surface area contributed by atoms with Crippen molar-refractivity contribution in [3.63, 3.8) is 0 Å². The number of H-pyrrole nitrogens is 1. The SMILES string of the molecule is CC1Cc2c(c(Br)c3c(c2-c2cn[nH]c2N)OC(C)C3)O1. The predicted octanol–water partition coefficient (Wildman–Crippen LogP) is 3.07. The topological polar surface area (TPSA) is 73.2 Å². The van der Waals surface area contributed by atoms with Crippen molar-refractivity contribution in [3.05, 3.63) is 21.8 Å². The van der Waals surface area contributed by atoms with E-state index in [1.54, 1.807) is 6.20 Å². The third kappa shape index (κ3) is 1.78. The van der Waals surface area contributed by atoms with Crippen LogP contribution in [0.3, 0.4) is 0 Å². The minimum absolute atomic E-state index is 0.156. The molecule has 3 N–H and O–H groups in total. The van der Waals surface area contributed by atoms with E-state index in [1.807, 2.05) is 0 Å². The van der Waals surface area contributed by atoms with E-state index in [-0.39, 0.29) is 12.2 Å². The van der Waals surface area contributed by atoms with Crippen molar-refractivity contribution in [2.45, 2.75) is 38.9 Å². The maximum atomic E-state index is 6.08. The number of anilines is 1. The summed E-state index contributed by atoms with van der Waals surface area (Å²) in [4.78, 5) is 0. The first kappa shape index (κ1) is 13.0. The summed E-state index contributed by atoms with van der Waals surface area (Å²) < 4.78 is 13.1. The van der Waals surface area contributed by atoms with Crippen molar-refractivity contribution in [2.24, 2.45) is 0 Å². The number of nitrogens with two attached hydrogens (primary N) is 1. The Morgan fingerprint density at radius 1 is 1.19 bits per heavy atom. The second-order valence-corrected chi connectivity index (χ2v) is 6.56. The van der Waals surface area contributed by atoms with Gasteiger partial charge in [0.05, 0.1) is 10.7 Å². The monoisotopic (exact) mass is 349 g/mol. The van der Waals surface area contributed by atoms with Crippen molar-refractivity contribution >= 4 is 21.7 Å². The zero-order valence-corrected chi connectivity index (χ0v) is 13.5. The third-order valence-corrected chi connectivity index (χ3v) is 4.94. The molecular formula is C15H16BrN3O2. The Labute approximate surface area is 130 Å². The van der Waals surface area contributed by atoms with Gasteiger partial charge in [0.25, 0.3) is 0 Å². The van der Waals surface area contributed by atoms with E-state index >= 15 is 0 Å². The molecule has 110 valence electrons. The smallest absolute Gasteiger partial charge is 0.138 e. The van der Waals surface area contributed by atoms with Crippen molar-refractivity contribution in [1.29, 1.82) is 0 Å². The van der Waals surface area contributed by atoms with Gasteiger partial charge in [0, 0.05) is 35.1 Å². The van der Waals surface area contributed by atoms with Crippen LogP contribution in [0.15, 0.2) is 10.7 Å². The largest absolute Gasteiger partial charge is 0.489 e. The molecule has 2 atom stereocenters. The first-order chi connectivity index (χ1) is 10.1. The highest BCUT2D eigenvalue weighted by Gasteiger charge is 2.36. The standard InChI is InChI=1S/C15H16BrN3O2/c1-6-3-8-11(10-5-18-19-15(10)17)13-9(4-7(2)20-13)12(16)14(8)21-6/h5-7H,3-4H2,1-2H3,(H3,17,18,19). The zero-order valence-electron chi connectivity index (χ0n) is 11.9. The fourth-order valence-corrected chi connectivity index (χ4v) is 3.92. The van der Waals surface area contributed by atoms with Gasteiger partial charge >= 0.3 is 0 Å². The summed E-state index contributed by atoms with van der Waals surface area (Å²) in [7, 11) is 0. The maximum Gasteiger partial charge on any atom is 0.138 e. The summed E-state index contributed by atoms with van der Waals surface area (Å²) in [6, 6.07) is 0. The number of nitrogen functional groups attached to an aromatic ring is 1. The van der Waals surface area contributed by atoms with Crippen LogP contribution in [0.1, 0.15) is 25.0 Å². The van der Waals surface area contributed by atoms with E-state index in [9.17, 15) is 0 Å². The molecule has 0 saturated carbocycles. The number of fused-ring (bicyclic) bond motifs is 2. The van der Waals surface area contributed by atoms with Crippen molar-refractivity contribution in [1.82, 2.24) is 10.2 Å². The molecule has 0 radical (unpaired) electrons. The first-order valence-corrected chi connectivity index (χ1v) is 7.85. The van der Waals surface area contributed by atoms with Crippen LogP contribution in [0, 0.1) is 0 Å². The number of hydrogen-bond donors (Lipinski definition) is 2. The zero-order chi connectivity index (χ0) is 14.7. The lowest BCUT2D eigenvalue weighted by molar-refractivity contribution is 0.253. The van der Waals surface area contributed by atoms with Gasteiger partial charge in [0.1, 0.15) is 29.5 Å². The Morgan fingerprint density at radius 3 is 2.52 bits per heavy atom. The van der Waals surface area contributed by atoms with Gasteiger partial charge in [-0.1, -0.05) is 0 Å². The highest BCUT2D eigenvalue weighted by atomic mass is 79.9. The van der Waals surface area contributed by atoms with Crippen LogP contribution in [0.5, 0.6) is 11.5 Å². The summed E-state index contributed by atoms with van der Waals surface area (Å²) in [6.45, 7) is 4.15. The van der Waals surface area contributed by atoms with Crippen LogP contribution in [0.2, 0.25) is 0 Å². The molecule has 0 saturated heterocycles. The van der Waals surface area contributed by atoms with Gasteiger partial charge in [0.2, 0.25) is 0 Å². The molecule has 0 fully saturated rings. The van der Waals surface area contributed by atoms with Gasteiger partial charge in [-0.05, 0) is 29.8 Å². The molecule has 0 bridgehead atoms. The molecule has 6 heteroatoms. The third-order valence-electron chi connectivity index (χ3n) is 4.10. The molecule has 0 spiro atoms. The van der Waals surface area contributed by atoms with E-state index in [1.165, 1.54) is 0 Å². The number of nitrogens with one attached hydrogen (secondary N) is 1. The van der Waals surface area contributed by atoms with Gasteiger partial charge in [-0.2, -0.15) is 5.10 Å². The van der Waals surface area contributed by atoms with Crippen LogP contribution in [0.25, 0.3) is 11.1 Å². The van der Waals surface area contributed by atoms with Crippen LogP contribution in [0.4, 0.5) is 5.82 Å². The highest BCUT2D eigenvalue weighted by Crippen LogP contribution is 2.53. The number of nitrogens with zero attached hydrogens (tertiary/aromatic N) is 1. The summed E-state index contributed by atoms with van der Waals surface area (Å²) in [5, 5.41) is 6.86. The fourth-order valence-electron chi connectivity index (χ4n) is 3.24. The lowest BCUT2D eigenvalue weighted by Crippen LogP contribution is -2.07. The van der Waals surface area contributed by atoms with Gasteiger partial charge in [0.15, 0.2) is 0 Å². The quantitative estimate of drug-likeness (QED) is 0.829. The molecule has 2 aromatic rings. The summed E-state index contributed by atoms with van der Waals surface area (Å²) in [5.41, 5.74) is 10.3. The number of hydrogen-bond acceptors (Lipinski definition) is 4. The van der Waals surface area contributed by atoms with Crippen LogP contribution in [-0.2, 0) is 12.8 Å². The minimum atomic E-state index is 0.156. The molecule has 3 heterocycles. The normalized spacial score (nSPS) is 22.6. The lowest BCUT2D eigenvalue weighted by atomic mass is 9.94. The first-order valence-electron chi connectivity index (χ1n) is 7.06. The second-order valence-electron chi connectivity index (χ2n) is 5.77. The van der Waals surface area contributed by atoms with Gasteiger partial charge < -0.3 is 15.2 Å². The number of halogens is 1. The van der Waals surface area contributed by atoms with Crippen molar-refractivity contribution in [3.8, 4) is 22.6 Å². The Bertz CT molecular complexity index is 702. The average molecular weight is 350 g/mol. The van der Waals surface area contributed by atoms with E-state index < -0.39 is 0 Å². The van der Waals surface area contributed by atoms with E-state index in [0.29, 0.717) is 5.82 Å². The molecule has 2 aliphatic heterocycles. The van der Waals surface area contributed by atoms with Crippen LogP contribution in [-0.4, -0.2) is 22.4 Å². The van der Waals surface area contributed by atoms with E-state index in [4.69, 9.17) is 15.2 Å². The Morgan fingerprint density at radius 2 is 1.86 bits per heavy atom. The summed E-state index contributed by atoms with van der Waals surface area (Å²) >= 11 is 3.69. The van der Waals surface area contributed by atoms with Gasteiger partial charge in [-0.15, -0.1) is 0 Å². The molecule has 5 nitrogen and oxygen atoms in total. The molecule has 1 aromatic carbocycles. The molecule has 4 rings (SSSR count). The summed E-state index contributed by atoms with van der Waals surface area (Å²) in [6.07, 6.45) is 3.78. The molecular weight excluding hydrogens is 334 g/mol. The number of benzene rings is 1. The molecule has 0 amide bonds. The van der Waals surface area contributed by atoms with Crippen molar-refractivity contribution < 1.29 is 9.47 Å². The molecule has 1 aromatic heterocycles. The fraction of sp³-hybridized carbons (Fsp3) is 0.400. The Balaban J connectivity index is 2.04. The molecule has 0 aliphatic carbocycles. The van der Waals surface area contributed by atoms with Gasteiger partial charge in [-0.25, -0.2) is 0 Å². The number of aromatic nitrogens is 2. The predicted molar refractivity (Wildman–Crippen MR) is 83.7 cm³/mol. The molecule has 2 aliphatic rings. The second kappa shape index (κ2) is 4.40.